The third-order valence-corrected chi connectivity index (χ3v) is 4.89. The van der Waals surface area contributed by atoms with Gasteiger partial charge in [0, 0.05) is 12.2 Å². The van der Waals surface area contributed by atoms with Crippen molar-refractivity contribution in [2.24, 2.45) is 0 Å². The van der Waals surface area contributed by atoms with E-state index in [4.69, 9.17) is 0 Å². The lowest BCUT2D eigenvalue weighted by molar-refractivity contribution is -0.477. The van der Waals surface area contributed by atoms with Crippen LogP contribution in [0.1, 0.15) is 11.1 Å². The molecular weight excluding hydrogens is 380 g/mol. The smallest absolute Gasteiger partial charge is 0.258 e. The Bertz CT molecular complexity index is 1240. The van der Waals surface area contributed by atoms with E-state index in [1.807, 2.05) is 60.7 Å². The van der Waals surface area contributed by atoms with Crippen molar-refractivity contribution in [3.05, 3.63) is 128 Å². The van der Waals surface area contributed by atoms with E-state index < -0.39 is 21.2 Å². The van der Waals surface area contributed by atoms with Crippen LogP contribution in [0.3, 0.4) is 0 Å². The number of hydrogen-bond acceptors (Lipinski definition) is 4. The summed E-state index contributed by atoms with van der Waals surface area (Å²) in [6, 6.07) is 25.6. The van der Waals surface area contributed by atoms with Gasteiger partial charge in [0.2, 0.25) is 0 Å². The summed E-state index contributed by atoms with van der Waals surface area (Å²) >= 11 is 0. The summed E-state index contributed by atoms with van der Waals surface area (Å²) in [5.74, 6) is 0. The second-order valence-corrected chi connectivity index (χ2v) is 6.71. The van der Waals surface area contributed by atoms with E-state index in [-0.39, 0.29) is 0 Å². The lowest BCUT2D eigenvalue weighted by Crippen LogP contribution is -2.09. The van der Waals surface area contributed by atoms with Crippen LogP contribution < -0.4 is 0 Å². The van der Waals surface area contributed by atoms with Crippen LogP contribution in [0.15, 0.2) is 96.3 Å². The summed E-state index contributed by atoms with van der Waals surface area (Å²) < 4.78 is 0. The Balaban J connectivity index is 1.93. The Morgan fingerprint density at radius 1 is 0.567 bits per heavy atom. The second-order valence-electron chi connectivity index (χ2n) is 6.71. The van der Waals surface area contributed by atoms with Gasteiger partial charge < -0.3 is 0 Å². The number of fused-ring (bicyclic) bond motifs is 2. The molecule has 0 aromatic heterocycles. The molecule has 0 unspecified atom stereocenters. The molecule has 0 aliphatic carbocycles. The van der Waals surface area contributed by atoms with Crippen molar-refractivity contribution in [2.75, 3.05) is 0 Å². The van der Waals surface area contributed by atoms with E-state index in [0.717, 1.165) is 21.5 Å². The standard InChI is InChI=1S/C24H16N2O4/c27-25(28)23(15-19-11-5-9-17-7-1-3-13-21(17)19)24(26(29)30)16-20-12-6-10-18-8-2-4-14-22(18)20/h1-16H/b23-15+,24-16+. The predicted octanol–water partition coefficient (Wildman–Crippen LogP) is 5.93. The third-order valence-electron chi connectivity index (χ3n) is 4.89. The maximum Gasteiger partial charge on any atom is 0.346 e. The van der Waals surface area contributed by atoms with E-state index in [1.54, 1.807) is 24.3 Å². The van der Waals surface area contributed by atoms with Crippen molar-refractivity contribution in [1.82, 2.24) is 0 Å². The Kier molecular flexibility index (Phi) is 5.05. The van der Waals surface area contributed by atoms with Gasteiger partial charge in [-0.15, -0.1) is 0 Å². The van der Waals surface area contributed by atoms with Gasteiger partial charge in [0.05, 0.1) is 9.85 Å². The summed E-state index contributed by atoms with van der Waals surface area (Å²) in [6.45, 7) is 0. The highest BCUT2D eigenvalue weighted by atomic mass is 16.6. The average molecular weight is 396 g/mol. The molecular formula is C24H16N2O4. The van der Waals surface area contributed by atoms with Crippen molar-refractivity contribution in [3.8, 4) is 0 Å². The van der Waals surface area contributed by atoms with Gasteiger partial charge in [0.1, 0.15) is 0 Å². The predicted molar refractivity (Wildman–Crippen MR) is 118 cm³/mol. The summed E-state index contributed by atoms with van der Waals surface area (Å²) in [5.41, 5.74) is -0.0375. The van der Waals surface area contributed by atoms with E-state index in [2.05, 4.69) is 0 Å². The normalized spacial score (nSPS) is 12.3. The molecule has 0 fully saturated rings. The Morgan fingerprint density at radius 2 is 0.933 bits per heavy atom. The van der Waals surface area contributed by atoms with E-state index in [9.17, 15) is 20.2 Å². The summed E-state index contributed by atoms with van der Waals surface area (Å²) in [5, 5.41) is 27.0. The minimum atomic E-state index is -0.707. The van der Waals surface area contributed by atoms with Gasteiger partial charge in [-0.3, -0.25) is 20.2 Å². The summed E-state index contributed by atoms with van der Waals surface area (Å²) in [6.07, 6.45) is 2.53. The van der Waals surface area contributed by atoms with Gasteiger partial charge in [-0.05, 0) is 32.7 Å². The van der Waals surface area contributed by atoms with Gasteiger partial charge >= 0.3 is 11.4 Å². The van der Waals surface area contributed by atoms with Crippen LogP contribution in [0, 0.1) is 20.2 Å². The SMILES string of the molecule is O=[N+]([O-])C(=C/c1cccc2ccccc12)/C(=C\c1cccc2ccccc12)[N+](=O)[O-]. The highest BCUT2D eigenvalue weighted by molar-refractivity contribution is 5.92. The van der Waals surface area contributed by atoms with Gasteiger partial charge in [0.25, 0.3) is 0 Å². The average Bonchev–Trinajstić information content (AvgIpc) is 2.76. The van der Waals surface area contributed by atoms with Crippen molar-refractivity contribution < 1.29 is 9.85 Å². The van der Waals surface area contributed by atoms with Crippen molar-refractivity contribution in [2.45, 2.75) is 0 Å². The molecule has 0 spiro atoms. The van der Waals surface area contributed by atoms with Crippen LogP contribution in [0.4, 0.5) is 0 Å². The first-order valence-electron chi connectivity index (χ1n) is 9.22. The highest BCUT2D eigenvalue weighted by Gasteiger charge is 2.29. The van der Waals surface area contributed by atoms with E-state index >= 15 is 0 Å². The van der Waals surface area contributed by atoms with Gasteiger partial charge in [-0.2, -0.15) is 0 Å². The quantitative estimate of drug-likeness (QED) is 0.238. The maximum absolute atomic E-state index is 11.8. The van der Waals surface area contributed by atoms with Crippen molar-refractivity contribution in [1.29, 1.82) is 0 Å². The minimum absolute atomic E-state index is 0.547. The number of rotatable bonds is 5. The Labute approximate surface area is 171 Å². The highest BCUT2D eigenvalue weighted by Crippen LogP contribution is 2.27. The monoisotopic (exact) mass is 396 g/mol. The fraction of sp³-hybridized carbons (Fsp3) is 0. The Morgan fingerprint density at radius 3 is 1.33 bits per heavy atom. The number of hydrogen-bond donors (Lipinski definition) is 0. The first-order chi connectivity index (χ1) is 14.5. The van der Waals surface area contributed by atoms with Crippen LogP contribution in [0.5, 0.6) is 0 Å². The molecule has 4 aromatic rings. The number of nitrogens with zero attached hydrogens (tertiary/aromatic N) is 2. The van der Waals surface area contributed by atoms with Crippen LogP contribution in [-0.4, -0.2) is 9.85 Å². The van der Waals surface area contributed by atoms with Crippen LogP contribution in [0.25, 0.3) is 33.7 Å². The molecule has 0 saturated heterocycles. The first-order valence-corrected chi connectivity index (χ1v) is 9.22. The molecule has 0 amide bonds. The zero-order valence-corrected chi connectivity index (χ0v) is 15.8. The minimum Gasteiger partial charge on any atom is -0.258 e. The molecule has 4 aromatic carbocycles. The number of nitro groups is 2. The van der Waals surface area contributed by atoms with Gasteiger partial charge in [-0.25, -0.2) is 0 Å². The maximum atomic E-state index is 11.8. The molecule has 0 aliphatic rings. The first kappa shape index (κ1) is 19.0. The largest absolute Gasteiger partial charge is 0.346 e. The molecule has 0 atom stereocenters. The molecule has 6 heteroatoms. The molecule has 0 N–H and O–H groups in total. The summed E-state index contributed by atoms with van der Waals surface area (Å²) in [4.78, 5) is 22.2. The lowest BCUT2D eigenvalue weighted by atomic mass is 10.0. The number of benzene rings is 4. The van der Waals surface area contributed by atoms with E-state index in [0.29, 0.717) is 11.1 Å². The summed E-state index contributed by atoms with van der Waals surface area (Å²) in [7, 11) is 0. The fourth-order valence-corrected chi connectivity index (χ4v) is 3.49. The van der Waals surface area contributed by atoms with Crippen molar-refractivity contribution in [3.63, 3.8) is 0 Å². The molecule has 6 nitrogen and oxygen atoms in total. The molecule has 0 radical (unpaired) electrons. The van der Waals surface area contributed by atoms with Crippen molar-refractivity contribution >= 4 is 33.7 Å². The van der Waals surface area contributed by atoms with E-state index in [1.165, 1.54) is 12.2 Å². The van der Waals surface area contributed by atoms with Crippen LogP contribution in [0.2, 0.25) is 0 Å². The zero-order valence-electron chi connectivity index (χ0n) is 15.8. The van der Waals surface area contributed by atoms with Gasteiger partial charge in [-0.1, -0.05) is 84.9 Å². The molecule has 30 heavy (non-hydrogen) atoms. The Hall–Kier alpha value is -4.32. The topological polar surface area (TPSA) is 86.3 Å². The molecule has 0 saturated carbocycles. The molecule has 0 aliphatic heterocycles. The third kappa shape index (κ3) is 3.66. The van der Waals surface area contributed by atoms with Crippen LogP contribution >= 0.6 is 0 Å². The second kappa shape index (κ2) is 7.97. The zero-order chi connectivity index (χ0) is 21.1. The molecule has 0 bridgehead atoms. The molecule has 4 rings (SSSR count). The van der Waals surface area contributed by atoms with Crippen LogP contribution in [-0.2, 0) is 0 Å². The molecule has 146 valence electrons. The fourth-order valence-electron chi connectivity index (χ4n) is 3.49. The van der Waals surface area contributed by atoms with Gasteiger partial charge in [0.15, 0.2) is 0 Å². The molecule has 0 heterocycles. The lowest BCUT2D eigenvalue weighted by Gasteiger charge is -2.04.